The van der Waals surface area contributed by atoms with E-state index in [4.69, 9.17) is 10.2 Å². The van der Waals surface area contributed by atoms with Gasteiger partial charge in [-0.1, -0.05) is 32.1 Å². The Labute approximate surface area is 171 Å². The number of carbonyl (C=O) groups excluding carboxylic acids is 1. The summed E-state index contributed by atoms with van der Waals surface area (Å²) in [6.45, 7) is 6.16. The highest BCUT2D eigenvalue weighted by Crippen LogP contribution is 2.33. The maximum Gasteiger partial charge on any atom is 0.306 e. The lowest BCUT2D eigenvalue weighted by molar-refractivity contribution is -0.142. The molecule has 2 aromatic heterocycles. The van der Waals surface area contributed by atoms with Gasteiger partial charge in [0.1, 0.15) is 11.8 Å². The fourth-order valence-corrected chi connectivity index (χ4v) is 4.00. The van der Waals surface area contributed by atoms with Gasteiger partial charge in [0.2, 0.25) is 5.91 Å². The fourth-order valence-electron chi connectivity index (χ4n) is 3.08. The van der Waals surface area contributed by atoms with Crippen LogP contribution in [-0.2, 0) is 15.0 Å². The Morgan fingerprint density at radius 1 is 1.38 bits per heavy atom. The molecule has 3 heterocycles. The first-order chi connectivity index (χ1) is 13.6. The second kappa shape index (κ2) is 7.94. The van der Waals surface area contributed by atoms with Crippen LogP contribution in [0.3, 0.4) is 0 Å². The smallest absolute Gasteiger partial charge is 0.306 e. The Morgan fingerprint density at radius 2 is 2.10 bits per heavy atom. The summed E-state index contributed by atoms with van der Waals surface area (Å²) in [7, 11) is 0. The molecule has 156 valence electrons. The monoisotopic (exact) mass is 422 g/mol. The fraction of sp³-hybridized carbons (Fsp3) is 0.474. The van der Waals surface area contributed by atoms with Gasteiger partial charge in [-0.3, -0.25) is 9.59 Å². The van der Waals surface area contributed by atoms with Crippen LogP contribution in [0, 0.1) is 5.92 Å². The first-order valence-corrected chi connectivity index (χ1v) is 9.96. The molecule has 1 amide bonds. The van der Waals surface area contributed by atoms with Crippen LogP contribution < -0.4 is 10.6 Å². The van der Waals surface area contributed by atoms with E-state index in [1.165, 1.54) is 29.8 Å². The number of hydrogen-bond acceptors (Lipinski definition) is 7. The zero-order chi connectivity index (χ0) is 21.3. The zero-order valence-electron chi connectivity index (χ0n) is 16.4. The predicted octanol–water partition coefficient (Wildman–Crippen LogP) is 3.05. The molecular weight excluding hydrogens is 399 g/mol. The number of carboxylic acids is 1. The van der Waals surface area contributed by atoms with Gasteiger partial charge in [-0.05, 0) is 18.9 Å². The van der Waals surface area contributed by atoms with Crippen molar-refractivity contribution in [1.82, 2.24) is 9.97 Å². The van der Waals surface area contributed by atoms with Crippen LogP contribution in [0.2, 0.25) is 0 Å². The summed E-state index contributed by atoms with van der Waals surface area (Å²) < 4.78 is 20.0. The third kappa shape index (κ3) is 4.64. The van der Waals surface area contributed by atoms with Gasteiger partial charge in [-0.2, -0.15) is 0 Å². The number of anilines is 1. The first kappa shape index (κ1) is 21.0. The number of halogens is 1. The van der Waals surface area contributed by atoms with Crippen molar-refractivity contribution in [3.63, 3.8) is 0 Å². The number of aromatic nitrogens is 2. The van der Waals surface area contributed by atoms with Gasteiger partial charge >= 0.3 is 5.97 Å². The third-order valence-corrected chi connectivity index (χ3v) is 5.74. The molecule has 1 aliphatic heterocycles. The number of thiazole rings is 1. The van der Waals surface area contributed by atoms with E-state index in [1.807, 2.05) is 20.8 Å². The minimum Gasteiger partial charge on any atom is -0.481 e. The molecule has 0 radical (unpaired) electrons. The highest BCUT2D eigenvalue weighted by Gasteiger charge is 2.36. The Morgan fingerprint density at radius 3 is 2.69 bits per heavy atom. The minimum absolute atomic E-state index is 0.109. The van der Waals surface area contributed by atoms with Crippen molar-refractivity contribution < 1.29 is 23.5 Å². The van der Waals surface area contributed by atoms with Gasteiger partial charge in [-0.25, -0.2) is 14.4 Å². The molecule has 0 bridgehead atoms. The molecular formula is C19H23FN4O4S. The summed E-state index contributed by atoms with van der Waals surface area (Å²) in [4.78, 5) is 33.5. The first-order valence-electron chi connectivity index (χ1n) is 9.14. The highest BCUT2D eigenvalue weighted by molar-refractivity contribution is 7.16. The van der Waals surface area contributed by atoms with Crippen LogP contribution in [0.5, 0.6) is 0 Å². The van der Waals surface area contributed by atoms with Gasteiger partial charge in [0.05, 0.1) is 17.0 Å². The van der Waals surface area contributed by atoms with E-state index >= 15 is 0 Å². The van der Waals surface area contributed by atoms with Crippen molar-refractivity contribution in [3.05, 3.63) is 28.9 Å². The number of primary amides is 1. The van der Waals surface area contributed by atoms with Gasteiger partial charge in [0, 0.05) is 18.2 Å². The van der Waals surface area contributed by atoms with E-state index in [2.05, 4.69) is 9.97 Å². The lowest BCUT2D eigenvalue weighted by Crippen LogP contribution is -2.51. The van der Waals surface area contributed by atoms with Crippen LogP contribution in [0.4, 0.5) is 9.52 Å². The van der Waals surface area contributed by atoms with Crippen molar-refractivity contribution in [1.29, 1.82) is 0 Å². The van der Waals surface area contributed by atoms with Crippen LogP contribution in [-0.4, -0.2) is 39.5 Å². The van der Waals surface area contributed by atoms with E-state index in [-0.39, 0.29) is 17.7 Å². The molecule has 1 saturated heterocycles. The number of carbonyl (C=O) groups is 2. The van der Waals surface area contributed by atoms with Gasteiger partial charge in [-0.15, -0.1) is 0 Å². The molecule has 29 heavy (non-hydrogen) atoms. The Hall–Kier alpha value is -2.75. The molecule has 3 N–H and O–H groups in total. The summed E-state index contributed by atoms with van der Waals surface area (Å²) in [5, 5.41) is 9.70. The van der Waals surface area contributed by atoms with Crippen molar-refractivity contribution in [2.24, 2.45) is 11.7 Å². The number of aliphatic carboxylic acids is 1. The third-order valence-electron chi connectivity index (χ3n) is 4.76. The summed E-state index contributed by atoms with van der Waals surface area (Å²) in [5.74, 6) is -2.34. The standard InChI is InChI=1S/C19H23FN4O4S/c1-19(2,3)14-9-22-16(28-14)12(20)7-11-8-23-18(29-11)24-5-4-10(17(26)27)6-13(24)15(21)25/h7-10,13H,4-6H2,1-3H3,(H2,21,25)(H,26,27)/b12-7+. The number of carboxylic acid groups (broad SMARTS) is 1. The Bertz CT molecular complexity index is 946. The van der Waals surface area contributed by atoms with Crippen molar-refractivity contribution in [3.8, 4) is 0 Å². The van der Waals surface area contributed by atoms with Crippen molar-refractivity contribution in [2.75, 3.05) is 11.4 Å². The number of piperidine rings is 1. The van der Waals surface area contributed by atoms with Crippen LogP contribution in [0.1, 0.15) is 50.1 Å². The quantitative estimate of drug-likeness (QED) is 0.759. The molecule has 3 rings (SSSR count). The van der Waals surface area contributed by atoms with Crippen LogP contribution >= 0.6 is 11.3 Å². The lowest BCUT2D eigenvalue weighted by Gasteiger charge is -2.36. The maximum absolute atomic E-state index is 14.5. The molecule has 10 heteroatoms. The normalized spacial score (nSPS) is 20.7. The Kier molecular flexibility index (Phi) is 5.74. The van der Waals surface area contributed by atoms with Crippen molar-refractivity contribution in [2.45, 2.75) is 45.1 Å². The number of nitrogens with two attached hydrogens (primary N) is 1. The largest absolute Gasteiger partial charge is 0.481 e. The Balaban J connectivity index is 1.79. The van der Waals surface area contributed by atoms with Crippen LogP contribution in [0.15, 0.2) is 16.8 Å². The highest BCUT2D eigenvalue weighted by atomic mass is 32.1. The second-order valence-electron chi connectivity index (χ2n) is 7.99. The average Bonchev–Trinajstić information content (AvgIpc) is 3.30. The van der Waals surface area contributed by atoms with E-state index in [0.717, 1.165) is 0 Å². The number of nitrogens with zero attached hydrogens (tertiary/aromatic N) is 3. The van der Waals surface area contributed by atoms with E-state index in [9.17, 15) is 19.1 Å². The second-order valence-corrected chi connectivity index (χ2v) is 9.03. The molecule has 0 aromatic carbocycles. The molecule has 2 atom stereocenters. The SMILES string of the molecule is CC(C)(C)c1cnc(/C(F)=C\c2cnc(N3CCC(C(=O)O)CC3C(N)=O)s2)o1. The van der Waals surface area contributed by atoms with Gasteiger partial charge in [0.25, 0.3) is 5.89 Å². The maximum atomic E-state index is 14.5. The van der Waals surface area contributed by atoms with E-state index in [1.54, 1.807) is 4.90 Å². The molecule has 0 spiro atoms. The predicted molar refractivity (Wildman–Crippen MR) is 107 cm³/mol. The minimum atomic E-state index is -0.943. The molecule has 0 aliphatic carbocycles. The molecule has 0 saturated carbocycles. The topological polar surface area (TPSA) is 123 Å². The molecule has 2 unspecified atom stereocenters. The van der Waals surface area contributed by atoms with Crippen LogP contribution in [0.25, 0.3) is 11.9 Å². The molecule has 1 aliphatic rings. The number of oxazole rings is 1. The van der Waals surface area contributed by atoms with Crippen molar-refractivity contribution >= 4 is 40.2 Å². The van der Waals surface area contributed by atoms with Gasteiger partial charge < -0.3 is 20.2 Å². The average molecular weight is 422 g/mol. The summed E-state index contributed by atoms with van der Waals surface area (Å²) in [5.41, 5.74) is 5.19. The number of hydrogen-bond donors (Lipinski definition) is 2. The van der Waals surface area contributed by atoms with Gasteiger partial charge in [0.15, 0.2) is 11.0 Å². The summed E-state index contributed by atoms with van der Waals surface area (Å²) in [6.07, 6.45) is 4.75. The summed E-state index contributed by atoms with van der Waals surface area (Å²) in [6, 6.07) is -0.765. The molecule has 1 fully saturated rings. The van der Waals surface area contributed by atoms with E-state index in [0.29, 0.717) is 28.7 Å². The molecule has 2 aromatic rings. The zero-order valence-corrected chi connectivity index (χ0v) is 17.2. The summed E-state index contributed by atoms with van der Waals surface area (Å²) >= 11 is 1.18. The number of amides is 1. The lowest BCUT2D eigenvalue weighted by atomic mass is 9.91. The molecule has 8 nitrogen and oxygen atoms in total. The number of rotatable bonds is 5. The van der Waals surface area contributed by atoms with E-state index < -0.39 is 29.7 Å².